The summed E-state index contributed by atoms with van der Waals surface area (Å²) in [6, 6.07) is 0.519. The molecule has 1 aromatic rings. The molecule has 7 heteroatoms. The highest BCUT2D eigenvalue weighted by Gasteiger charge is 2.35. The molecule has 0 radical (unpaired) electrons. The van der Waals surface area contributed by atoms with Gasteiger partial charge in [0.15, 0.2) is 0 Å². The van der Waals surface area contributed by atoms with Crippen LogP contribution in [0.4, 0.5) is 0 Å². The fourth-order valence-electron chi connectivity index (χ4n) is 6.04. The molecule has 3 aliphatic heterocycles. The van der Waals surface area contributed by atoms with E-state index in [9.17, 15) is 9.59 Å². The van der Waals surface area contributed by atoms with E-state index >= 15 is 0 Å². The van der Waals surface area contributed by atoms with Crippen LogP contribution in [0, 0.1) is 5.92 Å². The molecule has 1 atom stereocenters. The Morgan fingerprint density at radius 2 is 1.74 bits per heavy atom. The smallest absolute Gasteiger partial charge is 0.255 e. The molecule has 2 saturated heterocycles. The first kappa shape index (κ1) is 21.1. The van der Waals surface area contributed by atoms with Crippen molar-refractivity contribution in [2.45, 2.75) is 89.3 Å². The van der Waals surface area contributed by atoms with Gasteiger partial charge in [-0.15, -0.1) is 0 Å². The Labute approximate surface area is 184 Å². The summed E-state index contributed by atoms with van der Waals surface area (Å²) in [6.45, 7) is 3.80. The lowest BCUT2D eigenvalue weighted by molar-refractivity contribution is -0.142. The van der Waals surface area contributed by atoms with Crippen LogP contribution in [0.5, 0.6) is 0 Å². The summed E-state index contributed by atoms with van der Waals surface area (Å²) >= 11 is 0. The van der Waals surface area contributed by atoms with Gasteiger partial charge in [-0.25, -0.2) is 4.98 Å². The molecule has 1 saturated carbocycles. The monoisotopic (exact) mass is 428 g/mol. The summed E-state index contributed by atoms with van der Waals surface area (Å²) in [4.78, 5) is 38.9. The molecule has 1 amide bonds. The van der Waals surface area contributed by atoms with Crippen molar-refractivity contribution in [1.82, 2.24) is 19.8 Å². The first-order valence-electron chi connectivity index (χ1n) is 12.4. The molecular formula is C24H36N4O3. The predicted octanol–water partition coefficient (Wildman–Crippen LogP) is 2.94. The number of nitrogens with one attached hydrogen (secondary N) is 1. The number of ether oxygens (including phenoxy) is 1. The highest BCUT2D eigenvalue weighted by atomic mass is 16.5. The minimum Gasteiger partial charge on any atom is -0.381 e. The molecule has 0 bridgehead atoms. The summed E-state index contributed by atoms with van der Waals surface area (Å²) in [5.74, 6) is 0.967. The van der Waals surface area contributed by atoms with Crippen LogP contribution in [0.3, 0.4) is 0 Å². The quantitative estimate of drug-likeness (QED) is 0.801. The average Bonchev–Trinajstić information content (AvgIpc) is 2.84. The Morgan fingerprint density at radius 1 is 0.968 bits per heavy atom. The van der Waals surface area contributed by atoms with E-state index in [2.05, 4.69) is 9.88 Å². The van der Waals surface area contributed by atoms with Gasteiger partial charge >= 0.3 is 0 Å². The van der Waals surface area contributed by atoms with Crippen LogP contribution in [-0.2, 0) is 22.5 Å². The minimum absolute atomic E-state index is 0.00421. The third-order valence-electron chi connectivity index (χ3n) is 7.88. The molecule has 170 valence electrons. The van der Waals surface area contributed by atoms with Crippen molar-refractivity contribution in [3.63, 3.8) is 0 Å². The van der Waals surface area contributed by atoms with Crippen molar-refractivity contribution in [2.75, 3.05) is 26.3 Å². The van der Waals surface area contributed by atoms with Crippen molar-refractivity contribution >= 4 is 5.91 Å². The highest BCUT2D eigenvalue weighted by molar-refractivity contribution is 5.79. The number of fused-ring (bicyclic) bond motifs is 1. The van der Waals surface area contributed by atoms with Gasteiger partial charge in [-0.2, -0.15) is 0 Å². The normalized spacial score (nSPS) is 26.6. The number of carbonyl (C=O) groups excluding carboxylic acids is 1. The van der Waals surface area contributed by atoms with E-state index in [1.54, 1.807) is 0 Å². The first-order chi connectivity index (χ1) is 15.2. The molecule has 0 spiro atoms. The van der Waals surface area contributed by atoms with Crippen LogP contribution in [0.2, 0.25) is 0 Å². The fraction of sp³-hybridized carbons (Fsp3) is 0.792. The third kappa shape index (κ3) is 4.44. The van der Waals surface area contributed by atoms with E-state index in [4.69, 9.17) is 9.72 Å². The number of carbonyl (C=O) groups is 1. The van der Waals surface area contributed by atoms with Crippen molar-refractivity contribution in [3.8, 4) is 0 Å². The van der Waals surface area contributed by atoms with Gasteiger partial charge < -0.3 is 14.6 Å². The summed E-state index contributed by atoms with van der Waals surface area (Å²) < 4.78 is 5.44. The zero-order chi connectivity index (χ0) is 21.2. The number of aromatic amines is 1. The van der Waals surface area contributed by atoms with Crippen LogP contribution in [0.25, 0.3) is 0 Å². The largest absolute Gasteiger partial charge is 0.381 e. The second kappa shape index (κ2) is 9.41. The SMILES string of the molecule is O=C(C1CCOCC1)N1CCCCC1c1nc2c(c(=O)[nH]1)CN(C1CCCCC1)CC2. The summed E-state index contributed by atoms with van der Waals surface area (Å²) in [6.07, 6.45) is 11.9. The topological polar surface area (TPSA) is 78.5 Å². The standard InChI is InChI=1S/C24H36N4O3/c29-23-19-16-27(18-6-2-1-3-7-18)13-9-20(19)25-22(26-23)21-8-4-5-12-28(21)24(30)17-10-14-31-15-11-17/h17-18,21H,1-16H2,(H,25,26,29). The van der Waals surface area contributed by atoms with Crippen molar-refractivity contribution in [3.05, 3.63) is 27.4 Å². The highest BCUT2D eigenvalue weighted by Crippen LogP contribution is 2.33. The number of hydrogen-bond acceptors (Lipinski definition) is 5. The van der Waals surface area contributed by atoms with Gasteiger partial charge in [0.25, 0.3) is 5.56 Å². The summed E-state index contributed by atoms with van der Waals surface area (Å²) in [5.41, 5.74) is 1.80. The maximum atomic E-state index is 13.3. The molecule has 5 rings (SSSR count). The number of nitrogens with zero attached hydrogens (tertiary/aromatic N) is 3. The molecular weight excluding hydrogens is 392 g/mol. The number of amides is 1. The van der Waals surface area contributed by atoms with Gasteiger partial charge in [0, 0.05) is 51.2 Å². The van der Waals surface area contributed by atoms with E-state index in [1.165, 1.54) is 32.1 Å². The van der Waals surface area contributed by atoms with Crippen molar-refractivity contribution < 1.29 is 9.53 Å². The van der Waals surface area contributed by atoms with E-state index < -0.39 is 0 Å². The summed E-state index contributed by atoms with van der Waals surface area (Å²) in [5, 5.41) is 0. The zero-order valence-corrected chi connectivity index (χ0v) is 18.6. The molecule has 7 nitrogen and oxygen atoms in total. The lowest BCUT2D eigenvalue weighted by Gasteiger charge is -2.39. The van der Waals surface area contributed by atoms with Crippen molar-refractivity contribution in [1.29, 1.82) is 0 Å². The number of rotatable bonds is 3. The molecule has 0 aromatic carbocycles. The Balaban J connectivity index is 1.35. The van der Waals surface area contributed by atoms with Crippen LogP contribution < -0.4 is 5.56 Å². The number of piperidine rings is 1. The van der Waals surface area contributed by atoms with E-state index in [1.807, 2.05) is 4.90 Å². The summed E-state index contributed by atoms with van der Waals surface area (Å²) in [7, 11) is 0. The molecule has 31 heavy (non-hydrogen) atoms. The Hall–Kier alpha value is -1.73. The Bertz CT molecular complexity index is 842. The molecule has 1 N–H and O–H groups in total. The molecule has 1 aromatic heterocycles. The number of aromatic nitrogens is 2. The van der Waals surface area contributed by atoms with E-state index in [-0.39, 0.29) is 23.4 Å². The Morgan fingerprint density at radius 3 is 2.55 bits per heavy atom. The average molecular weight is 429 g/mol. The van der Waals surface area contributed by atoms with Gasteiger partial charge in [-0.3, -0.25) is 14.5 Å². The molecule has 4 heterocycles. The molecule has 1 aliphatic carbocycles. The zero-order valence-electron chi connectivity index (χ0n) is 18.6. The van der Waals surface area contributed by atoms with Gasteiger partial charge in [0.05, 0.1) is 17.3 Å². The number of likely N-dealkylation sites (tertiary alicyclic amines) is 1. The number of H-pyrrole nitrogens is 1. The van der Waals surface area contributed by atoms with Gasteiger partial charge in [-0.1, -0.05) is 19.3 Å². The molecule has 4 aliphatic rings. The first-order valence-corrected chi connectivity index (χ1v) is 12.4. The molecule has 1 unspecified atom stereocenters. The van der Waals surface area contributed by atoms with Crippen LogP contribution in [-0.4, -0.2) is 58.0 Å². The van der Waals surface area contributed by atoms with Gasteiger partial charge in [0.2, 0.25) is 5.91 Å². The van der Waals surface area contributed by atoms with Crippen molar-refractivity contribution in [2.24, 2.45) is 5.92 Å². The second-order valence-electron chi connectivity index (χ2n) is 9.82. The minimum atomic E-state index is -0.0986. The lowest BCUT2D eigenvalue weighted by atomic mass is 9.92. The number of hydrogen-bond donors (Lipinski definition) is 1. The maximum Gasteiger partial charge on any atom is 0.255 e. The predicted molar refractivity (Wildman–Crippen MR) is 118 cm³/mol. The van der Waals surface area contributed by atoms with Gasteiger partial charge in [0.1, 0.15) is 5.82 Å². The maximum absolute atomic E-state index is 13.3. The van der Waals surface area contributed by atoms with Crippen LogP contribution >= 0.6 is 0 Å². The van der Waals surface area contributed by atoms with E-state index in [0.29, 0.717) is 25.1 Å². The van der Waals surface area contributed by atoms with Crippen LogP contribution in [0.1, 0.15) is 87.3 Å². The van der Waals surface area contributed by atoms with Gasteiger partial charge in [-0.05, 0) is 44.9 Å². The van der Waals surface area contributed by atoms with Crippen LogP contribution in [0.15, 0.2) is 4.79 Å². The second-order valence-corrected chi connectivity index (χ2v) is 9.82. The molecule has 3 fully saturated rings. The third-order valence-corrected chi connectivity index (χ3v) is 7.88. The lowest BCUT2D eigenvalue weighted by Crippen LogP contribution is -2.45. The van der Waals surface area contributed by atoms with E-state index in [0.717, 1.165) is 69.4 Å². The fourth-order valence-corrected chi connectivity index (χ4v) is 6.04. The Kier molecular flexibility index (Phi) is 6.41.